The smallest absolute Gasteiger partial charge is 0.303 e. The van der Waals surface area contributed by atoms with Crippen molar-refractivity contribution in [3.8, 4) is 0 Å². The van der Waals surface area contributed by atoms with E-state index in [4.69, 9.17) is 5.11 Å². The van der Waals surface area contributed by atoms with Gasteiger partial charge in [0.25, 0.3) is 5.91 Å². The van der Waals surface area contributed by atoms with Gasteiger partial charge in [-0.2, -0.15) is 0 Å². The molecule has 0 bridgehead atoms. The summed E-state index contributed by atoms with van der Waals surface area (Å²) >= 11 is 0. The zero-order chi connectivity index (χ0) is 15.2. The molecule has 2 amide bonds. The fraction of sp³-hybridized carbons (Fsp3) is 0.400. The number of rotatable bonds is 5. The van der Waals surface area contributed by atoms with Crippen molar-refractivity contribution < 1.29 is 19.5 Å². The van der Waals surface area contributed by atoms with Crippen LogP contribution in [0.15, 0.2) is 24.3 Å². The van der Waals surface area contributed by atoms with Gasteiger partial charge in [-0.15, -0.1) is 0 Å². The number of nitrogens with one attached hydrogen (secondary N) is 1. The number of likely N-dealkylation sites (tertiary alicyclic amines) is 1. The van der Waals surface area contributed by atoms with Gasteiger partial charge >= 0.3 is 5.97 Å². The van der Waals surface area contributed by atoms with E-state index in [2.05, 4.69) is 5.32 Å². The van der Waals surface area contributed by atoms with E-state index in [1.54, 1.807) is 24.3 Å². The molecule has 2 rings (SSSR count). The molecule has 0 spiro atoms. The predicted molar refractivity (Wildman–Crippen MR) is 77.1 cm³/mol. The summed E-state index contributed by atoms with van der Waals surface area (Å²) in [7, 11) is 0. The molecule has 0 unspecified atom stereocenters. The Hall–Kier alpha value is -2.37. The average molecular weight is 290 g/mol. The molecular formula is C15H18N2O4. The lowest BCUT2D eigenvalue weighted by Crippen LogP contribution is -2.27. The molecule has 1 aromatic carbocycles. The Labute approximate surface area is 122 Å². The Balaban J connectivity index is 1.90. The molecule has 1 heterocycles. The van der Waals surface area contributed by atoms with E-state index in [1.165, 1.54) is 0 Å². The van der Waals surface area contributed by atoms with Crippen molar-refractivity contribution in [2.75, 3.05) is 18.4 Å². The van der Waals surface area contributed by atoms with Gasteiger partial charge in [-0.1, -0.05) is 0 Å². The minimum atomic E-state index is -1.00. The summed E-state index contributed by atoms with van der Waals surface area (Å²) in [6, 6.07) is 6.66. The monoisotopic (exact) mass is 290 g/mol. The largest absolute Gasteiger partial charge is 0.481 e. The molecule has 0 aromatic heterocycles. The van der Waals surface area contributed by atoms with E-state index in [-0.39, 0.29) is 24.7 Å². The quantitative estimate of drug-likeness (QED) is 0.864. The summed E-state index contributed by atoms with van der Waals surface area (Å²) in [6.07, 6.45) is 1.83. The number of anilines is 1. The highest BCUT2D eigenvalue weighted by molar-refractivity contribution is 5.96. The number of carboxylic acid groups (broad SMARTS) is 1. The highest BCUT2D eigenvalue weighted by Gasteiger charge is 2.19. The fourth-order valence-electron chi connectivity index (χ4n) is 2.24. The van der Waals surface area contributed by atoms with Gasteiger partial charge in [-0.25, -0.2) is 0 Å². The molecule has 2 N–H and O–H groups in total. The lowest BCUT2D eigenvalue weighted by Gasteiger charge is -2.15. The molecule has 1 aromatic rings. The molecule has 0 radical (unpaired) electrons. The number of aliphatic carboxylic acids is 1. The Morgan fingerprint density at radius 2 is 1.67 bits per heavy atom. The van der Waals surface area contributed by atoms with Crippen molar-refractivity contribution in [2.45, 2.75) is 25.7 Å². The van der Waals surface area contributed by atoms with E-state index >= 15 is 0 Å². The molecule has 1 aliphatic rings. The second-order valence-corrected chi connectivity index (χ2v) is 5.02. The van der Waals surface area contributed by atoms with E-state index in [1.807, 2.05) is 4.90 Å². The topological polar surface area (TPSA) is 86.7 Å². The first-order chi connectivity index (χ1) is 10.1. The number of carbonyl (C=O) groups is 3. The Kier molecular flexibility index (Phi) is 4.92. The summed E-state index contributed by atoms with van der Waals surface area (Å²) in [4.78, 5) is 35.8. The average Bonchev–Trinajstić information content (AvgIpc) is 2.99. The fourth-order valence-corrected chi connectivity index (χ4v) is 2.24. The maximum Gasteiger partial charge on any atom is 0.303 e. The number of benzene rings is 1. The van der Waals surface area contributed by atoms with Gasteiger partial charge in [0.2, 0.25) is 5.91 Å². The summed E-state index contributed by atoms with van der Waals surface area (Å²) in [5.74, 6) is -1.34. The van der Waals surface area contributed by atoms with Gasteiger partial charge in [0.15, 0.2) is 0 Å². The molecule has 0 atom stereocenters. The minimum Gasteiger partial charge on any atom is -0.481 e. The van der Waals surface area contributed by atoms with Crippen LogP contribution in [0.25, 0.3) is 0 Å². The molecule has 21 heavy (non-hydrogen) atoms. The molecule has 1 fully saturated rings. The van der Waals surface area contributed by atoms with Crippen LogP contribution in [0.1, 0.15) is 36.0 Å². The predicted octanol–water partition coefficient (Wildman–Crippen LogP) is 1.73. The van der Waals surface area contributed by atoms with Crippen LogP contribution < -0.4 is 5.32 Å². The van der Waals surface area contributed by atoms with E-state index in [0.29, 0.717) is 11.3 Å². The molecule has 0 saturated carbocycles. The SMILES string of the molecule is O=C(O)CCC(=O)Nc1ccc(C(=O)N2CCCC2)cc1. The number of amides is 2. The van der Waals surface area contributed by atoms with Gasteiger partial charge in [-0.3, -0.25) is 14.4 Å². The Bertz CT molecular complexity index is 533. The van der Waals surface area contributed by atoms with Crippen molar-refractivity contribution in [3.63, 3.8) is 0 Å². The van der Waals surface area contributed by atoms with Crippen LogP contribution in [0.3, 0.4) is 0 Å². The van der Waals surface area contributed by atoms with Gasteiger partial charge in [0, 0.05) is 30.8 Å². The molecular weight excluding hydrogens is 272 g/mol. The first-order valence-corrected chi connectivity index (χ1v) is 6.97. The Morgan fingerprint density at radius 3 is 2.24 bits per heavy atom. The zero-order valence-corrected chi connectivity index (χ0v) is 11.7. The summed E-state index contributed by atoms with van der Waals surface area (Å²) in [6.45, 7) is 1.60. The van der Waals surface area contributed by atoms with Crippen LogP contribution in [0.4, 0.5) is 5.69 Å². The van der Waals surface area contributed by atoms with Crippen molar-refractivity contribution in [1.82, 2.24) is 4.90 Å². The molecule has 6 nitrogen and oxygen atoms in total. The van der Waals surface area contributed by atoms with Crippen LogP contribution in [0, 0.1) is 0 Å². The van der Waals surface area contributed by atoms with Crippen molar-refractivity contribution in [3.05, 3.63) is 29.8 Å². The minimum absolute atomic E-state index is 0.0104. The highest BCUT2D eigenvalue weighted by atomic mass is 16.4. The summed E-state index contributed by atoms with van der Waals surface area (Å²) in [5, 5.41) is 11.1. The zero-order valence-electron chi connectivity index (χ0n) is 11.7. The molecule has 0 aliphatic carbocycles. The van der Waals surface area contributed by atoms with Gasteiger partial charge in [0.1, 0.15) is 0 Å². The van der Waals surface area contributed by atoms with E-state index < -0.39 is 5.97 Å². The van der Waals surface area contributed by atoms with Crippen LogP contribution in [-0.4, -0.2) is 40.9 Å². The molecule has 112 valence electrons. The van der Waals surface area contributed by atoms with Crippen LogP contribution >= 0.6 is 0 Å². The number of nitrogens with zero attached hydrogens (tertiary/aromatic N) is 1. The third-order valence-corrected chi connectivity index (χ3v) is 3.37. The maximum atomic E-state index is 12.1. The number of hydrogen-bond donors (Lipinski definition) is 2. The third kappa shape index (κ3) is 4.30. The van der Waals surface area contributed by atoms with Crippen LogP contribution in [0.5, 0.6) is 0 Å². The van der Waals surface area contributed by atoms with Crippen LogP contribution in [0.2, 0.25) is 0 Å². The normalized spacial score (nSPS) is 14.0. The standard InChI is InChI=1S/C15H18N2O4/c18-13(7-8-14(19)20)16-12-5-3-11(4-6-12)15(21)17-9-1-2-10-17/h3-6H,1-2,7-10H2,(H,16,18)(H,19,20). The van der Waals surface area contributed by atoms with Crippen LogP contribution in [-0.2, 0) is 9.59 Å². The van der Waals surface area contributed by atoms with E-state index in [9.17, 15) is 14.4 Å². The number of carboxylic acids is 1. The molecule has 6 heteroatoms. The van der Waals surface area contributed by atoms with Crippen molar-refractivity contribution >= 4 is 23.5 Å². The first-order valence-electron chi connectivity index (χ1n) is 6.97. The van der Waals surface area contributed by atoms with Crippen molar-refractivity contribution in [1.29, 1.82) is 0 Å². The second-order valence-electron chi connectivity index (χ2n) is 5.02. The third-order valence-electron chi connectivity index (χ3n) is 3.37. The molecule has 1 aliphatic heterocycles. The number of hydrogen-bond acceptors (Lipinski definition) is 3. The first kappa shape index (κ1) is 15.0. The highest BCUT2D eigenvalue weighted by Crippen LogP contribution is 2.15. The maximum absolute atomic E-state index is 12.1. The summed E-state index contributed by atoms with van der Waals surface area (Å²) in [5.41, 5.74) is 1.16. The van der Waals surface area contributed by atoms with Gasteiger partial charge in [-0.05, 0) is 37.1 Å². The Morgan fingerprint density at radius 1 is 1.05 bits per heavy atom. The lowest BCUT2D eigenvalue weighted by molar-refractivity contribution is -0.138. The number of carbonyl (C=O) groups excluding carboxylic acids is 2. The summed E-state index contributed by atoms with van der Waals surface area (Å²) < 4.78 is 0. The van der Waals surface area contributed by atoms with Gasteiger partial charge < -0.3 is 15.3 Å². The van der Waals surface area contributed by atoms with E-state index in [0.717, 1.165) is 25.9 Å². The molecule has 1 saturated heterocycles. The second kappa shape index (κ2) is 6.88. The lowest BCUT2D eigenvalue weighted by atomic mass is 10.2. The van der Waals surface area contributed by atoms with Gasteiger partial charge in [0.05, 0.1) is 6.42 Å². The van der Waals surface area contributed by atoms with Crippen molar-refractivity contribution in [2.24, 2.45) is 0 Å².